The molecule has 1 rings (SSSR count). The van der Waals surface area contributed by atoms with E-state index in [2.05, 4.69) is 0 Å². The van der Waals surface area contributed by atoms with Gasteiger partial charge in [-0.05, 0) is 31.5 Å². The second-order valence-corrected chi connectivity index (χ2v) is 4.10. The Balaban J connectivity index is 2.62. The molecule has 0 bridgehead atoms. The lowest BCUT2D eigenvalue weighted by atomic mass is 10.1. The maximum absolute atomic E-state index is 11.4. The summed E-state index contributed by atoms with van der Waals surface area (Å²) in [5.74, 6) is 0.873. The molecule has 0 spiro atoms. The zero-order valence-corrected chi connectivity index (χ0v) is 10.5. The fourth-order valence-electron chi connectivity index (χ4n) is 1.53. The Morgan fingerprint density at radius 1 is 1.24 bits per heavy atom. The van der Waals surface area contributed by atoms with Crippen molar-refractivity contribution in [1.29, 1.82) is 0 Å². The Bertz CT molecular complexity index is 392. The Morgan fingerprint density at radius 3 is 2.29 bits per heavy atom. The van der Waals surface area contributed by atoms with Gasteiger partial charge in [0.25, 0.3) is 0 Å². The molecule has 3 nitrogen and oxygen atoms in total. The van der Waals surface area contributed by atoms with E-state index in [-0.39, 0.29) is 11.6 Å². The normalized spacial score (nSPS) is 11.9. The van der Waals surface area contributed by atoms with E-state index in [4.69, 9.17) is 4.74 Å². The fraction of sp³-hybridized carbons (Fsp3) is 0.429. The van der Waals surface area contributed by atoms with Gasteiger partial charge in [-0.3, -0.25) is 9.59 Å². The molecular formula is C14H18O3. The first-order valence-corrected chi connectivity index (χ1v) is 5.80. The number of hydrogen-bond donors (Lipinski definition) is 0. The molecule has 0 saturated heterocycles. The molecule has 0 heterocycles. The van der Waals surface area contributed by atoms with Crippen LogP contribution in [0.3, 0.4) is 0 Å². The quantitative estimate of drug-likeness (QED) is 0.759. The maximum Gasteiger partial charge on any atom is 0.172 e. The molecule has 92 valence electrons. The van der Waals surface area contributed by atoms with E-state index in [0.29, 0.717) is 18.6 Å². The van der Waals surface area contributed by atoms with Crippen molar-refractivity contribution in [3.05, 3.63) is 29.8 Å². The van der Waals surface area contributed by atoms with Crippen molar-refractivity contribution in [3.63, 3.8) is 0 Å². The third-order valence-electron chi connectivity index (χ3n) is 2.49. The SMILES string of the molecule is CCC(=O)C(C)Oc1ccc(CC(C)=O)cc1. The topological polar surface area (TPSA) is 43.4 Å². The Labute approximate surface area is 102 Å². The van der Waals surface area contributed by atoms with Crippen LogP contribution >= 0.6 is 0 Å². The van der Waals surface area contributed by atoms with Crippen molar-refractivity contribution in [2.75, 3.05) is 0 Å². The number of carbonyl (C=O) groups excluding carboxylic acids is 2. The van der Waals surface area contributed by atoms with Crippen LogP contribution in [0, 0.1) is 0 Å². The predicted octanol–water partition coefficient (Wildman–Crippen LogP) is 2.56. The second kappa shape index (κ2) is 6.18. The molecule has 0 aliphatic carbocycles. The molecule has 1 aromatic rings. The van der Waals surface area contributed by atoms with Gasteiger partial charge in [0.05, 0.1) is 0 Å². The summed E-state index contributed by atoms with van der Waals surface area (Å²) in [6.07, 6.45) is 0.492. The van der Waals surface area contributed by atoms with Crippen molar-refractivity contribution in [1.82, 2.24) is 0 Å². The summed E-state index contributed by atoms with van der Waals surface area (Å²) >= 11 is 0. The molecular weight excluding hydrogens is 216 g/mol. The molecule has 1 unspecified atom stereocenters. The van der Waals surface area contributed by atoms with E-state index >= 15 is 0 Å². The average Bonchev–Trinajstić information content (AvgIpc) is 2.30. The van der Waals surface area contributed by atoms with Crippen molar-refractivity contribution < 1.29 is 14.3 Å². The van der Waals surface area contributed by atoms with Crippen LogP contribution in [0.1, 0.15) is 32.8 Å². The largest absolute Gasteiger partial charge is 0.483 e. The third kappa shape index (κ3) is 4.39. The zero-order chi connectivity index (χ0) is 12.8. The van der Waals surface area contributed by atoms with Gasteiger partial charge in [-0.1, -0.05) is 19.1 Å². The Hall–Kier alpha value is -1.64. The standard InChI is InChI=1S/C14H18O3/c1-4-14(16)11(3)17-13-7-5-12(6-8-13)9-10(2)15/h5-8,11H,4,9H2,1-3H3. The molecule has 0 radical (unpaired) electrons. The van der Waals surface area contributed by atoms with Gasteiger partial charge >= 0.3 is 0 Å². The van der Waals surface area contributed by atoms with Gasteiger partial charge in [0, 0.05) is 12.8 Å². The van der Waals surface area contributed by atoms with Gasteiger partial charge in [0.15, 0.2) is 11.9 Å². The fourth-order valence-corrected chi connectivity index (χ4v) is 1.53. The summed E-state index contributed by atoms with van der Waals surface area (Å²) in [6.45, 7) is 5.12. The van der Waals surface area contributed by atoms with Gasteiger partial charge in [-0.25, -0.2) is 0 Å². The summed E-state index contributed by atoms with van der Waals surface area (Å²) < 4.78 is 5.49. The van der Waals surface area contributed by atoms with E-state index in [0.717, 1.165) is 5.56 Å². The summed E-state index contributed by atoms with van der Waals surface area (Å²) in [5.41, 5.74) is 0.958. The molecule has 0 saturated carbocycles. The molecule has 0 aliphatic rings. The number of benzene rings is 1. The van der Waals surface area contributed by atoms with E-state index < -0.39 is 6.10 Å². The van der Waals surface area contributed by atoms with Crippen molar-refractivity contribution in [3.8, 4) is 5.75 Å². The minimum atomic E-state index is -0.418. The van der Waals surface area contributed by atoms with Crippen LogP contribution in [0.15, 0.2) is 24.3 Å². The molecule has 17 heavy (non-hydrogen) atoms. The lowest BCUT2D eigenvalue weighted by molar-refractivity contribution is -0.124. The van der Waals surface area contributed by atoms with Crippen molar-refractivity contribution in [2.24, 2.45) is 0 Å². The third-order valence-corrected chi connectivity index (χ3v) is 2.49. The highest BCUT2D eigenvalue weighted by Gasteiger charge is 2.11. The van der Waals surface area contributed by atoms with Crippen LogP contribution in [0.25, 0.3) is 0 Å². The minimum absolute atomic E-state index is 0.0813. The highest BCUT2D eigenvalue weighted by atomic mass is 16.5. The molecule has 3 heteroatoms. The lowest BCUT2D eigenvalue weighted by Crippen LogP contribution is -2.22. The van der Waals surface area contributed by atoms with Gasteiger partial charge in [0.2, 0.25) is 0 Å². The van der Waals surface area contributed by atoms with Gasteiger partial charge in [-0.2, -0.15) is 0 Å². The highest BCUT2D eigenvalue weighted by molar-refractivity contribution is 5.82. The Morgan fingerprint density at radius 2 is 1.82 bits per heavy atom. The smallest absolute Gasteiger partial charge is 0.172 e. The molecule has 0 amide bonds. The second-order valence-electron chi connectivity index (χ2n) is 4.10. The van der Waals surface area contributed by atoms with Gasteiger partial charge in [0.1, 0.15) is 11.5 Å². The van der Waals surface area contributed by atoms with Crippen LogP contribution in [-0.2, 0) is 16.0 Å². The summed E-state index contributed by atoms with van der Waals surface area (Å²) in [4.78, 5) is 22.3. The molecule has 0 aromatic heterocycles. The summed E-state index contributed by atoms with van der Waals surface area (Å²) in [6, 6.07) is 7.27. The summed E-state index contributed by atoms with van der Waals surface area (Å²) in [5, 5.41) is 0. The molecule has 1 aromatic carbocycles. The first kappa shape index (κ1) is 13.4. The van der Waals surface area contributed by atoms with Crippen LogP contribution < -0.4 is 4.74 Å². The predicted molar refractivity (Wildman–Crippen MR) is 66.2 cm³/mol. The average molecular weight is 234 g/mol. The number of ether oxygens (including phenoxy) is 1. The number of Topliss-reactive ketones (excluding diaryl/α,β-unsaturated/α-hetero) is 2. The van der Waals surface area contributed by atoms with Crippen molar-refractivity contribution in [2.45, 2.75) is 39.7 Å². The van der Waals surface area contributed by atoms with E-state index in [1.807, 2.05) is 19.1 Å². The minimum Gasteiger partial charge on any atom is -0.483 e. The summed E-state index contributed by atoms with van der Waals surface area (Å²) in [7, 11) is 0. The van der Waals surface area contributed by atoms with Gasteiger partial charge in [-0.15, -0.1) is 0 Å². The Kier molecular flexibility index (Phi) is 4.88. The molecule has 0 N–H and O–H groups in total. The number of carbonyl (C=O) groups is 2. The van der Waals surface area contributed by atoms with Crippen LogP contribution in [0.5, 0.6) is 5.75 Å². The van der Waals surface area contributed by atoms with E-state index in [1.54, 1.807) is 26.0 Å². The van der Waals surface area contributed by atoms with E-state index in [9.17, 15) is 9.59 Å². The van der Waals surface area contributed by atoms with E-state index in [1.165, 1.54) is 0 Å². The van der Waals surface area contributed by atoms with Gasteiger partial charge < -0.3 is 4.74 Å². The molecule has 0 aliphatic heterocycles. The van der Waals surface area contributed by atoms with Crippen LogP contribution in [-0.4, -0.2) is 17.7 Å². The number of hydrogen-bond acceptors (Lipinski definition) is 3. The first-order chi connectivity index (χ1) is 8.02. The molecule has 0 fully saturated rings. The maximum atomic E-state index is 11.4. The van der Waals surface area contributed by atoms with Crippen LogP contribution in [0.4, 0.5) is 0 Å². The number of rotatable bonds is 6. The monoisotopic (exact) mass is 234 g/mol. The first-order valence-electron chi connectivity index (χ1n) is 5.80. The van der Waals surface area contributed by atoms with Crippen molar-refractivity contribution >= 4 is 11.6 Å². The zero-order valence-electron chi connectivity index (χ0n) is 10.5. The highest BCUT2D eigenvalue weighted by Crippen LogP contribution is 2.15. The lowest BCUT2D eigenvalue weighted by Gasteiger charge is -2.12. The number of ketones is 2. The van der Waals surface area contributed by atoms with Crippen LogP contribution in [0.2, 0.25) is 0 Å². The molecule has 1 atom stereocenters.